The number of sulfone groups is 1. The van der Waals surface area contributed by atoms with E-state index in [-0.39, 0.29) is 24.0 Å². The summed E-state index contributed by atoms with van der Waals surface area (Å²) in [5.41, 5.74) is 1.75. The highest BCUT2D eigenvalue weighted by Crippen LogP contribution is 2.31. The predicted octanol–water partition coefficient (Wildman–Crippen LogP) is 3.78. The molecule has 0 unspecified atom stereocenters. The van der Waals surface area contributed by atoms with Crippen LogP contribution in [0.1, 0.15) is 17.2 Å². The smallest absolute Gasteiger partial charge is 0.233 e. The van der Waals surface area contributed by atoms with Crippen LogP contribution in [-0.2, 0) is 14.6 Å². The van der Waals surface area contributed by atoms with Gasteiger partial charge in [0.1, 0.15) is 0 Å². The van der Waals surface area contributed by atoms with Crippen LogP contribution in [0, 0.1) is 0 Å². The minimum absolute atomic E-state index is 0.00407. The summed E-state index contributed by atoms with van der Waals surface area (Å²) >= 11 is 2.99. The average Bonchev–Trinajstić information content (AvgIpc) is 3.04. The van der Waals surface area contributed by atoms with Gasteiger partial charge in [0.05, 0.1) is 27.0 Å². The average molecular weight is 433 g/mol. The van der Waals surface area contributed by atoms with Gasteiger partial charge in [-0.3, -0.25) is 4.79 Å². The lowest BCUT2D eigenvalue weighted by atomic mass is 10.1. The normalized spacial score (nSPS) is 19.4. The Hall–Kier alpha value is -1.90. The fourth-order valence-corrected chi connectivity index (χ4v) is 7.13. The standard InChI is InChI=1S/C20H20N2O3S3/c23-19(14-26-20-21-16-8-4-5-9-17(16)27-20)22-11-10-18(28(24,25)13-12-22)15-6-2-1-3-7-15/h1-9,18H,10-14H2/t18-/m0/s1. The van der Waals surface area contributed by atoms with E-state index in [2.05, 4.69) is 4.98 Å². The zero-order valence-electron chi connectivity index (χ0n) is 15.2. The van der Waals surface area contributed by atoms with Gasteiger partial charge < -0.3 is 4.90 Å². The van der Waals surface area contributed by atoms with Crippen LogP contribution in [-0.4, -0.2) is 48.8 Å². The number of aromatic nitrogens is 1. The van der Waals surface area contributed by atoms with E-state index in [1.165, 1.54) is 11.8 Å². The lowest BCUT2D eigenvalue weighted by Gasteiger charge is -2.19. The molecule has 2 aromatic carbocycles. The predicted molar refractivity (Wildman–Crippen MR) is 115 cm³/mol. The van der Waals surface area contributed by atoms with Gasteiger partial charge in [-0.1, -0.05) is 54.2 Å². The summed E-state index contributed by atoms with van der Waals surface area (Å²) in [4.78, 5) is 18.9. The van der Waals surface area contributed by atoms with Gasteiger partial charge in [0.15, 0.2) is 14.2 Å². The monoisotopic (exact) mass is 432 g/mol. The van der Waals surface area contributed by atoms with Crippen LogP contribution in [0.25, 0.3) is 10.2 Å². The van der Waals surface area contributed by atoms with Crippen molar-refractivity contribution in [2.45, 2.75) is 16.0 Å². The SMILES string of the molecule is O=C(CSc1nc2ccccc2s1)N1CC[C@@H](c2ccccc2)S(=O)(=O)CC1. The number of amides is 1. The third-order valence-corrected chi connectivity index (χ3v) is 9.15. The quantitative estimate of drug-likeness (QED) is 0.587. The maximum absolute atomic E-state index is 12.7. The Bertz CT molecular complexity index is 1050. The van der Waals surface area contributed by atoms with E-state index in [1.807, 2.05) is 54.6 Å². The molecule has 0 saturated carbocycles. The van der Waals surface area contributed by atoms with E-state index in [4.69, 9.17) is 0 Å². The third-order valence-electron chi connectivity index (χ3n) is 4.86. The molecular weight excluding hydrogens is 412 g/mol. The molecule has 0 bridgehead atoms. The van der Waals surface area contributed by atoms with E-state index in [0.717, 1.165) is 20.1 Å². The molecule has 0 radical (unpaired) electrons. The molecule has 28 heavy (non-hydrogen) atoms. The van der Waals surface area contributed by atoms with Crippen molar-refractivity contribution >= 4 is 49.1 Å². The number of hydrogen-bond acceptors (Lipinski definition) is 6. The molecule has 0 spiro atoms. The largest absolute Gasteiger partial charge is 0.341 e. The number of nitrogens with zero attached hydrogens (tertiary/aromatic N) is 2. The number of fused-ring (bicyclic) bond motifs is 1. The highest BCUT2D eigenvalue weighted by Gasteiger charge is 2.32. The first kappa shape index (κ1) is 19.4. The highest BCUT2D eigenvalue weighted by molar-refractivity contribution is 8.01. The van der Waals surface area contributed by atoms with Crippen LogP contribution < -0.4 is 0 Å². The van der Waals surface area contributed by atoms with Crippen LogP contribution in [0.2, 0.25) is 0 Å². The number of hydrogen-bond donors (Lipinski definition) is 0. The van der Waals surface area contributed by atoms with Crippen molar-refractivity contribution in [1.82, 2.24) is 9.88 Å². The fourth-order valence-electron chi connectivity index (χ4n) is 3.36. The summed E-state index contributed by atoms with van der Waals surface area (Å²) in [7, 11) is -3.27. The highest BCUT2D eigenvalue weighted by atomic mass is 32.2. The molecular formula is C20H20N2O3S3. The second kappa shape index (κ2) is 8.23. The topological polar surface area (TPSA) is 67.3 Å². The summed E-state index contributed by atoms with van der Waals surface area (Å²) < 4.78 is 27.4. The molecule has 1 fully saturated rings. The maximum Gasteiger partial charge on any atom is 0.233 e. The van der Waals surface area contributed by atoms with E-state index in [1.54, 1.807) is 16.2 Å². The van der Waals surface area contributed by atoms with Crippen molar-refractivity contribution in [3.63, 3.8) is 0 Å². The zero-order chi connectivity index (χ0) is 19.6. The summed E-state index contributed by atoms with van der Waals surface area (Å²) in [5, 5.41) is -0.539. The van der Waals surface area contributed by atoms with Gasteiger partial charge in [-0.05, 0) is 24.1 Å². The third kappa shape index (κ3) is 4.24. The summed E-state index contributed by atoms with van der Waals surface area (Å²) in [5.74, 6) is 0.244. The number of thioether (sulfide) groups is 1. The number of thiazole rings is 1. The molecule has 146 valence electrons. The number of carbonyl (C=O) groups is 1. The van der Waals surface area contributed by atoms with Crippen molar-refractivity contribution < 1.29 is 13.2 Å². The molecule has 1 aliphatic heterocycles. The van der Waals surface area contributed by atoms with Crippen molar-refractivity contribution in [3.8, 4) is 0 Å². The van der Waals surface area contributed by atoms with Gasteiger partial charge in [-0.25, -0.2) is 13.4 Å². The molecule has 1 atom stereocenters. The second-order valence-corrected chi connectivity index (χ2v) is 11.2. The molecule has 1 saturated heterocycles. The maximum atomic E-state index is 12.7. The van der Waals surface area contributed by atoms with Crippen LogP contribution in [0.3, 0.4) is 0 Å². The lowest BCUT2D eigenvalue weighted by Crippen LogP contribution is -2.34. The van der Waals surface area contributed by atoms with Crippen molar-refractivity contribution in [3.05, 3.63) is 60.2 Å². The Labute approximate surface area is 172 Å². The Morgan fingerprint density at radius 3 is 2.64 bits per heavy atom. The molecule has 8 heteroatoms. The first-order chi connectivity index (χ1) is 13.5. The van der Waals surface area contributed by atoms with Crippen LogP contribution >= 0.6 is 23.1 Å². The van der Waals surface area contributed by atoms with Crippen molar-refractivity contribution in [2.24, 2.45) is 0 Å². The zero-order valence-corrected chi connectivity index (χ0v) is 17.6. The Morgan fingerprint density at radius 1 is 1.11 bits per heavy atom. The Morgan fingerprint density at radius 2 is 1.86 bits per heavy atom. The molecule has 1 amide bonds. The van der Waals surface area contributed by atoms with Crippen LogP contribution in [0.4, 0.5) is 0 Å². The van der Waals surface area contributed by atoms with E-state index < -0.39 is 15.1 Å². The van der Waals surface area contributed by atoms with Crippen LogP contribution in [0.5, 0.6) is 0 Å². The van der Waals surface area contributed by atoms with Gasteiger partial charge in [0.25, 0.3) is 0 Å². The van der Waals surface area contributed by atoms with Gasteiger partial charge in [-0.15, -0.1) is 11.3 Å². The summed E-state index contributed by atoms with van der Waals surface area (Å²) in [6, 6.07) is 17.2. The molecule has 0 aliphatic carbocycles. The van der Waals surface area contributed by atoms with Crippen molar-refractivity contribution in [1.29, 1.82) is 0 Å². The number of rotatable bonds is 4. The summed E-state index contributed by atoms with van der Waals surface area (Å²) in [6.07, 6.45) is 0.434. The second-order valence-electron chi connectivity index (χ2n) is 6.67. The van der Waals surface area contributed by atoms with Gasteiger partial charge >= 0.3 is 0 Å². The molecule has 4 rings (SSSR count). The first-order valence-corrected chi connectivity index (χ1v) is 12.6. The molecule has 5 nitrogen and oxygen atoms in total. The van der Waals surface area contributed by atoms with Gasteiger partial charge in [0.2, 0.25) is 5.91 Å². The van der Waals surface area contributed by atoms with E-state index in [0.29, 0.717) is 13.0 Å². The van der Waals surface area contributed by atoms with Gasteiger partial charge in [0, 0.05) is 13.1 Å². The van der Waals surface area contributed by atoms with Gasteiger partial charge in [-0.2, -0.15) is 0 Å². The number of benzene rings is 2. The minimum atomic E-state index is -3.27. The number of carbonyl (C=O) groups excluding carboxylic acids is 1. The van der Waals surface area contributed by atoms with E-state index >= 15 is 0 Å². The minimum Gasteiger partial charge on any atom is -0.341 e. The molecule has 3 aromatic rings. The molecule has 0 N–H and O–H groups in total. The molecule has 1 aromatic heterocycles. The van der Waals surface area contributed by atoms with Crippen molar-refractivity contribution in [2.75, 3.05) is 24.6 Å². The first-order valence-electron chi connectivity index (χ1n) is 9.05. The number of para-hydroxylation sites is 1. The summed E-state index contributed by atoms with van der Waals surface area (Å²) in [6.45, 7) is 0.711. The van der Waals surface area contributed by atoms with E-state index in [9.17, 15) is 13.2 Å². The Balaban J connectivity index is 1.41. The van der Waals surface area contributed by atoms with Crippen LogP contribution in [0.15, 0.2) is 58.9 Å². The fraction of sp³-hybridized carbons (Fsp3) is 0.300. The molecule has 2 heterocycles. The Kier molecular flexibility index (Phi) is 5.70. The molecule has 1 aliphatic rings. The lowest BCUT2D eigenvalue weighted by molar-refractivity contribution is -0.128.